The van der Waals surface area contributed by atoms with Crippen LogP contribution in [0.4, 0.5) is 11.4 Å². The number of benzene rings is 3. The van der Waals surface area contributed by atoms with E-state index in [1.807, 2.05) is 6.92 Å². The molecule has 32 heavy (non-hydrogen) atoms. The van der Waals surface area contributed by atoms with Crippen molar-refractivity contribution in [1.82, 2.24) is 4.57 Å². The van der Waals surface area contributed by atoms with Gasteiger partial charge in [0.2, 0.25) is 5.91 Å². The highest BCUT2D eigenvalue weighted by atomic mass is 32.2. The molecule has 7 nitrogen and oxygen atoms in total. The molecule has 1 N–H and O–H groups in total. The van der Waals surface area contributed by atoms with E-state index < -0.39 is 22.5 Å². The molecule has 0 radical (unpaired) electrons. The van der Waals surface area contributed by atoms with Crippen molar-refractivity contribution in [2.75, 3.05) is 16.2 Å². The highest BCUT2D eigenvalue weighted by molar-refractivity contribution is 7.92. The van der Waals surface area contributed by atoms with Gasteiger partial charge in [0.25, 0.3) is 10.0 Å². The van der Waals surface area contributed by atoms with E-state index in [-0.39, 0.29) is 9.77 Å². The van der Waals surface area contributed by atoms with E-state index >= 15 is 0 Å². The molecule has 3 aromatic carbocycles. The zero-order chi connectivity index (χ0) is 22.9. The number of carbonyl (C=O) groups is 1. The summed E-state index contributed by atoms with van der Waals surface area (Å²) in [6.07, 6.45) is 0. The number of anilines is 2. The summed E-state index contributed by atoms with van der Waals surface area (Å²) in [6, 6.07) is 20.2. The maximum atomic E-state index is 13.4. The molecule has 0 saturated heterocycles. The summed E-state index contributed by atoms with van der Waals surface area (Å²) in [5.74, 6) is -0.493. The van der Waals surface area contributed by atoms with E-state index in [4.69, 9.17) is 0 Å². The lowest BCUT2D eigenvalue weighted by molar-refractivity contribution is -0.114. The minimum atomic E-state index is -3.97. The summed E-state index contributed by atoms with van der Waals surface area (Å²) < 4.78 is 30.1. The second kappa shape index (κ2) is 8.60. The van der Waals surface area contributed by atoms with E-state index in [0.717, 1.165) is 31.4 Å². The zero-order valence-electron chi connectivity index (χ0n) is 17.5. The van der Waals surface area contributed by atoms with Gasteiger partial charge in [0.1, 0.15) is 6.54 Å². The van der Waals surface area contributed by atoms with E-state index in [9.17, 15) is 18.0 Å². The summed E-state index contributed by atoms with van der Waals surface area (Å²) in [5, 5.41) is 2.75. The summed E-state index contributed by atoms with van der Waals surface area (Å²) in [7, 11) is -2.28. The first-order chi connectivity index (χ1) is 15.3. The first-order valence-corrected chi connectivity index (χ1v) is 12.1. The van der Waals surface area contributed by atoms with Crippen molar-refractivity contribution in [3.8, 4) is 0 Å². The van der Waals surface area contributed by atoms with Crippen LogP contribution in [0.2, 0.25) is 0 Å². The number of aromatic nitrogens is 1. The first kappa shape index (κ1) is 21.8. The number of amides is 1. The Bertz CT molecular complexity index is 1440. The number of nitrogens with one attached hydrogen (secondary N) is 1. The Balaban J connectivity index is 1.63. The van der Waals surface area contributed by atoms with Crippen LogP contribution in [0.25, 0.3) is 10.2 Å². The summed E-state index contributed by atoms with van der Waals surface area (Å²) in [4.78, 5) is 24.7. The van der Waals surface area contributed by atoms with Gasteiger partial charge in [0, 0.05) is 12.7 Å². The number of fused-ring (bicyclic) bond motifs is 1. The molecule has 0 bridgehead atoms. The van der Waals surface area contributed by atoms with Gasteiger partial charge in [-0.25, -0.2) is 8.42 Å². The lowest BCUT2D eigenvalue weighted by Gasteiger charge is -2.24. The fraction of sp³-hybridized carbons (Fsp3) is 0.130. The lowest BCUT2D eigenvalue weighted by Crippen LogP contribution is -2.38. The van der Waals surface area contributed by atoms with Gasteiger partial charge < -0.3 is 9.88 Å². The monoisotopic (exact) mass is 467 g/mol. The number of thiazole rings is 1. The number of aryl methyl sites for hydroxylation is 2. The molecule has 0 aliphatic carbocycles. The predicted octanol–water partition coefficient (Wildman–Crippen LogP) is 3.74. The molecule has 1 heterocycles. The molecule has 4 aromatic rings. The highest BCUT2D eigenvalue weighted by Gasteiger charge is 2.27. The molecule has 0 saturated carbocycles. The number of nitrogens with zero attached hydrogens (tertiary/aromatic N) is 2. The van der Waals surface area contributed by atoms with Crippen LogP contribution in [0.15, 0.2) is 82.5 Å². The Labute approximate surface area is 189 Å². The summed E-state index contributed by atoms with van der Waals surface area (Å²) in [5.41, 5.74) is 2.59. The lowest BCUT2D eigenvalue weighted by atomic mass is 10.2. The van der Waals surface area contributed by atoms with Gasteiger partial charge in [0.15, 0.2) is 0 Å². The number of hydrogen-bond donors (Lipinski definition) is 1. The van der Waals surface area contributed by atoms with E-state index in [2.05, 4.69) is 5.32 Å². The van der Waals surface area contributed by atoms with Crippen molar-refractivity contribution < 1.29 is 13.2 Å². The van der Waals surface area contributed by atoms with E-state index in [1.165, 1.54) is 16.7 Å². The van der Waals surface area contributed by atoms with Crippen LogP contribution in [-0.4, -0.2) is 25.4 Å². The number of sulfonamides is 1. The molecular formula is C23H21N3O4S2. The normalized spacial score (nSPS) is 11.4. The number of para-hydroxylation sites is 1. The molecule has 4 rings (SSSR count). The van der Waals surface area contributed by atoms with Crippen LogP contribution in [0.5, 0.6) is 0 Å². The van der Waals surface area contributed by atoms with Crippen LogP contribution in [0.3, 0.4) is 0 Å². The molecule has 1 aromatic heterocycles. The summed E-state index contributed by atoms with van der Waals surface area (Å²) in [6.45, 7) is 1.47. The van der Waals surface area contributed by atoms with Crippen LogP contribution >= 0.6 is 11.3 Å². The molecule has 164 valence electrons. The quantitative estimate of drug-likeness (QED) is 0.468. The van der Waals surface area contributed by atoms with Gasteiger partial charge >= 0.3 is 4.87 Å². The fourth-order valence-electron chi connectivity index (χ4n) is 3.29. The third-order valence-corrected chi connectivity index (χ3v) is 7.80. The number of hydrogen-bond acceptors (Lipinski definition) is 5. The third kappa shape index (κ3) is 4.30. The predicted molar refractivity (Wildman–Crippen MR) is 128 cm³/mol. The minimum absolute atomic E-state index is 0.0945. The SMILES string of the molecule is Cc1ccc(S(=O)(=O)N(CC(=O)Nc2ccc3c(c2)sc(=O)n3C)c2ccccc2)cc1. The smallest absolute Gasteiger partial charge is 0.307 e. The van der Waals surface area contributed by atoms with Gasteiger partial charge in [-0.05, 0) is 49.4 Å². The van der Waals surface area contributed by atoms with Crippen molar-refractivity contribution in [3.63, 3.8) is 0 Å². The molecule has 0 atom stereocenters. The van der Waals surface area contributed by atoms with E-state index in [0.29, 0.717) is 11.4 Å². The minimum Gasteiger partial charge on any atom is -0.324 e. The number of carbonyl (C=O) groups excluding carboxylic acids is 1. The Morgan fingerprint density at radius 1 is 1.03 bits per heavy atom. The second-order valence-electron chi connectivity index (χ2n) is 7.32. The van der Waals surface area contributed by atoms with Crippen LogP contribution in [0, 0.1) is 6.92 Å². The molecule has 9 heteroatoms. The first-order valence-electron chi connectivity index (χ1n) is 9.79. The van der Waals surface area contributed by atoms with Crippen molar-refractivity contribution in [2.24, 2.45) is 7.05 Å². The molecule has 0 unspecified atom stereocenters. The Kier molecular flexibility index (Phi) is 5.86. The molecule has 0 aliphatic rings. The Morgan fingerprint density at radius 3 is 2.41 bits per heavy atom. The van der Waals surface area contributed by atoms with Crippen molar-refractivity contribution in [1.29, 1.82) is 0 Å². The Morgan fingerprint density at radius 2 is 1.72 bits per heavy atom. The van der Waals surface area contributed by atoms with Gasteiger partial charge in [-0.2, -0.15) is 0 Å². The van der Waals surface area contributed by atoms with Gasteiger partial charge in [-0.15, -0.1) is 0 Å². The molecule has 0 fully saturated rings. The maximum absolute atomic E-state index is 13.4. The standard InChI is InChI=1S/C23H21N3O4S2/c1-16-8-11-19(12-9-16)32(29,30)26(18-6-4-3-5-7-18)15-22(27)24-17-10-13-20-21(14-17)31-23(28)25(20)2/h3-14H,15H2,1-2H3,(H,24,27). The highest BCUT2D eigenvalue weighted by Crippen LogP contribution is 2.25. The average molecular weight is 468 g/mol. The van der Waals surface area contributed by atoms with Crippen molar-refractivity contribution in [3.05, 3.63) is 88.0 Å². The molecule has 1 amide bonds. The van der Waals surface area contributed by atoms with Crippen LogP contribution in [0.1, 0.15) is 5.56 Å². The number of rotatable bonds is 6. The third-order valence-electron chi connectivity index (χ3n) is 5.02. The molecule has 0 aliphatic heterocycles. The largest absolute Gasteiger partial charge is 0.324 e. The maximum Gasteiger partial charge on any atom is 0.307 e. The van der Waals surface area contributed by atoms with Gasteiger partial charge in [-0.1, -0.05) is 47.2 Å². The van der Waals surface area contributed by atoms with Crippen molar-refractivity contribution >= 4 is 48.9 Å². The topological polar surface area (TPSA) is 88.5 Å². The van der Waals surface area contributed by atoms with E-state index in [1.54, 1.807) is 67.7 Å². The average Bonchev–Trinajstić information content (AvgIpc) is 3.05. The Hall–Kier alpha value is -3.43. The van der Waals surface area contributed by atoms with Gasteiger partial charge in [-0.3, -0.25) is 13.9 Å². The van der Waals surface area contributed by atoms with Crippen LogP contribution in [-0.2, 0) is 21.9 Å². The fourth-order valence-corrected chi connectivity index (χ4v) is 5.63. The summed E-state index contributed by atoms with van der Waals surface area (Å²) >= 11 is 1.08. The molecular weight excluding hydrogens is 446 g/mol. The zero-order valence-corrected chi connectivity index (χ0v) is 19.1. The second-order valence-corrected chi connectivity index (χ2v) is 10.2. The van der Waals surface area contributed by atoms with Gasteiger partial charge in [0.05, 0.1) is 20.8 Å². The van der Waals surface area contributed by atoms with Crippen LogP contribution < -0.4 is 14.5 Å². The molecule has 0 spiro atoms. The van der Waals surface area contributed by atoms with Crippen molar-refractivity contribution in [2.45, 2.75) is 11.8 Å².